The molecule has 0 aliphatic rings. The maximum Gasteiger partial charge on any atom is 0.271 e. The molecule has 2 rings (SSSR count). The summed E-state index contributed by atoms with van der Waals surface area (Å²) < 4.78 is 13.5. The first-order valence-corrected chi connectivity index (χ1v) is 8.76. The normalized spacial score (nSPS) is 10.5. The Hall–Kier alpha value is -2.50. The van der Waals surface area contributed by atoms with Gasteiger partial charge < -0.3 is 10.2 Å². The van der Waals surface area contributed by atoms with E-state index in [0.29, 0.717) is 18.5 Å². The second-order valence-corrected chi connectivity index (χ2v) is 5.86. The van der Waals surface area contributed by atoms with Gasteiger partial charge in [0, 0.05) is 19.6 Å². The number of hydrogen-bond donors (Lipinski definition) is 1. The Morgan fingerprint density at radius 1 is 1.08 bits per heavy atom. The van der Waals surface area contributed by atoms with Crippen molar-refractivity contribution in [3.8, 4) is 0 Å². The zero-order chi connectivity index (χ0) is 18.1. The van der Waals surface area contributed by atoms with E-state index in [9.17, 15) is 9.18 Å². The highest BCUT2D eigenvalue weighted by molar-refractivity contribution is 5.92. The summed E-state index contributed by atoms with van der Waals surface area (Å²) >= 11 is 0. The van der Waals surface area contributed by atoms with Crippen molar-refractivity contribution in [3.63, 3.8) is 0 Å². The smallest absolute Gasteiger partial charge is 0.271 e. The van der Waals surface area contributed by atoms with Gasteiger partial charge in [-0.1, -0.05) is 32.0 Å². The molecule has 1 amide bonds. The molecular formula is C19H25FN4O. The van der Waals surface area contributed by atoms with E-state index < -0.39 is 0 Å². The van der Waals surface area contributed by atoms with Gasteiger partial charge in [0.15, 0.2) is 11.5 Å². The Balaban J connectivity index is 1.90. The molecule has 0 saturated carbocycles. The number of benzene rings is 1. The summed E-state index contributed by atoms with van der Waals surface area (Å²) in [4.78, 5) is 14.3. The molecule has 1 heterocycles. The number of hydrogen-bond acceptors (Lipinski definition) is 4. The van der Waals surface area contributed by atoms with E-state index in [1.54, 1.807) is 24.3 Å². The van der Waals surface area contributed by atoms with Crippen LogP contribution in [0.1, 0.15) is 42.7 Å². The number of nitrogens with one attached hydrogen (secondary N) is 1. The zero-order valence-electron chi connectivity index (χ0n) is 14.8. The fourth-order valence-electron chi connectivity index (χ4n) is 2.60. The molecule has 0 atom stereocenters. The van der Waals surface area contributed by atoms with Crippen LogP contribution in [-0.4, -0.2) is 35.7 Å². The number of carbonyl (C=O) groups excluding carboxylic acids is 1. The predicted molar refractivity (Wildman–Crippen MR) is 97.3 cm³/mol. The van der Waals surface area contributed by atoms with Crippen molar-refractivity contribution in [3.05, 3.63) is 53.5 Å². The first-order chi connectivity index (χ1) is 12.2. The first-order valence-electron chi connectivity index (χ1n) is 8.76. The fraction of sp³-hybridized carbons (Fsp3) is 0.421. The van der Waals surface area contributed by atoms with Gasteiger partial charge >= 0.3 is 0 Å². The summed E-state index contributed by atoms with van der Waals surface area (Å²) in [7, 11) is 0. The van der Waals surface area contributed by atoms with Crippen molar-refractivity contribution in [2.24, 2.45) is 0 Å². The monoisotopic (exact) mass is 344 g/mol. The predicted octanol–water partition coefficient (Wildman–Crippen LogP) is 3.21. The van der Waals surface area contributed by atoms with E-state index in [1.165, 1.54) is 6.07 Å². The standard InChI is InChI=1S/C19H25FN4O/c1-3-13-24(14-4-2)18-10-9-17(22-23-18)19(25)21-12-11-15-7-5-6-8-16(15)20/h5-10H,3-4,11-14H2,1-2H3,(H,21,25). The van der Waals surface area contributed by atoms with Crippen LogP contribution in [0, 0.1) is 5.82 Å². The van der Waals surface area contributed by atoms with Gasteiger partial charge in [0.25, 0.3) is 5.91 Å². The molecule has 0 spiro atoms. The van der Waals surface area contributed by atoms with Crippen LogP contribution in [0.25, 0.3) is 0 Å². The van der Waals surface area contributed by atoms with E-state index in [-0.39, 0.29) is 17.4 Å². The molecule has 1 aromatic carbocycles. The van der Waals surface area contributed by atoms with Gasteiger partial charge in [-0.25, -0.2) is 4.39 Å². The summed E-state index contributed by atoms with van der Waals surface area (Å²) in [5.41, 5.74) is 0.851. The highest BCUT2D eigenvalue weighted by Gasteiger charge is 2.11. The molecule has 0 aliphatic carbocycles. The van der Waals surface area contributed by atoms with Gasteiger partial charge in [-0.3, -0.25) is 4.79 Å². The van der Waals surface area contributed by atoms with Crippen LogP contribution in [0.2, 0.25) is 0 Å². The lowest BCUT2D eigenvalue weighted by molar-refractivity contribution is 0.0948. The summed E-state index contributed by atoms with van der Waals surface area (Å²) in [5, 5.41) is 11.0. The maximum absolute atomic E-state index is 13.5. The zero-order valence-corrected chi connectivity index (χ0v) is 14.8. The molecule has 1 N–H and O–H groups in total. The number of amides is 1. The van der Waals surface area contributed by atoms with Gasteiger partial charge in [0.2, 0.25) is 0 Å². The Morgan fingerprint density at radius 2 is 1.80 bits per heavy atom. The van der Waals surface area contributed by atoms with Crippen LogP contribution in [0.5, 0.6) is 0 Å². The Kier molecular flexibility index (Phi) is 7.32. The Bertz CT molecular complexity index is 669. The van der Waals surface area contributed by atoms with E-state index in [4.69, 9.17) is 0 Å². The van der Waals surface area contributed by atoms with E-state index in [2.05, 4.69) is 34.3 Å². The van der Waals surface area contributed by atoms with E-state index in [0.717, 1.165) is 31.7 Å². The molecule has 2 aromatic rings. The molecule has 0 unspecified atom stereocenters. The molecule has 134 valence electrons. The molecule has 0 aliphatic heterocycles. The van der Waals surface area contributed by atoms with Crippen LogP contribution in [0.3, 0.4) is 0 Å². The Labute approximate surface area is 148 Å². The fourth-order valence-corrected chi connectivity index (χ4v) is 2.60. The summed E-state index contributed by atoms with van der Waals surface area (Å²) in [6.45, 7) is 6.41. The van der Waals surface area contributed by atoms with Gasteiger partial charge in [-0.05, 0) is 43.0 Å². The first kappa shape index (κ1) is 18.8. The van der Waals surface area contributed by atoms with Crippen LogP contribution < -0.4 is 10.2 Å². The highest BCUT2D eigenvalue weighted by atomic mass is 19.1. The molecule has 5 nitrogen and oxygen atoms in total. The third-order valence-electron chi connectivity index (χ3n) is 3.83. The minimum atomic E-state index is -0.298. The van der Waals surface area contributed by atoms with Crippen LogP contribution in [0.4, 0.5) is 10.2 Å². The molecule has 0 fully saturated rings. The van der Waals surface area contributed by atoms with Crippen molar-refractivity contribution in [2.75, 3.05) is 24.5 Å². The second kappa shape index (κ2) is 9.71. The minimum absolute atomic E-state index is 0.257. The van der Waals surface area contributed by atoms with Crippen molar-refractivity contribution < 1.29 is 9.18 Å². The molecule has 0 radical (unpaired) electrons. The lowest BCUT2D eigenvalue weighted by atomic mass is 10.1. The molecule has 0 bridgehead atoms. The Morgan fingerprint density at radius 3 is 2.40 bits per heavy atom. The van der Waals surface area contributed by atoms with Crippen LogP contribution in [0.15, 0.2) is 36.4 Å². The van der Waals surface area contributed by atoms with Crippen molar-refractivity contribution in [2.45, 2.75) is 33.1 Å². The van der Waals surface area contributed by atoms with Crippen molar-refractivity contribution in [1.29, 1.82) is 0 Å². The number of halogens is 1. The molecule has 25 heavy (non-hydrogen) atoms. The average molecular weight is 344 g/mol. The third kappa shape index (κ3) is 5.52. The summed E-state index contributed by atoms with van der Waals surface area (Å²) in [6.07, 6.45) is 2.49. The topological polar surface area (TPSA) is 58.1 Å². The maximum atomic E-state index is 13.5. The van der Waals surface area contributed by atoms with Gasteiger partial charge in [-0.2, -0.15) is 0 Å². The van der Waals surface area contributed by atoms with Gasteiger partial charge in [-0.15, -0.1) is 10.2 Å². The van der Waals surface area contributed by atoms with Gasteiger partial charge in [0.1, 0.15) is 5.82 Å². The molecule has 1 aromatic heterocycles. The lowest BCUT2D eigenvalue weighted by Crippen LogP contribution is -2.28. The number of nitrogens with zero attached hydrogens (tertiary/aromatic N) is 3. The number of aromatic nitrogens is 2. The number of rotatable bonds is 9. The number of anilines is 1. The van der Waals surface area contributed by atoms with E-state index in [1.807, 2.05) is 6.07 Å². The van der Waals surface area contributed by atoms with Gasteiger partial charge in [0.05, 0.1) is 0 Å². The largest absolute Gasteiger partial charge is 0.355 e. The minimum Gasteiger partial charge on any atom is -0.355 e. The molecule has 6 heteroatoms. The lowest BCUT2D eigenvalue weighted by Gasteiger charge is -2.21. The van der Waals surface area contributed by atoms with Crippen molar-refractivity contribution >= 4 is 11.7 Å². The van der Waals surface area contributed by atoms with Crippen molar-refractivity contribution in [1.82, 2.24) is 15.5 Å². The second-order valence-electron chi connectivity index (χ2n) is 5.86. The summed E-state index contributed by atoms with van der Waals surface area (Å²) in [6, 6.07) is 10.1. The average Bonchev–Trinajstić information content (AvgIpc) is 2.63. The van der Waals surface area contributed by atoms with Crippen LogP contribution in [-0.2, 0) is 6.42 Å². The number of carbonyl (C=O) groups is 1. The summed E-state index contributed by atoms with van der Waals surface area (Å²) in [5.74, 6) is 0.229. The highest BCUT2D eigenvalue weighted by Crippen LogP contribution is 2.11. The SMILES string of the molecule is CCCN(CCC)c1ccc(C(=O)NCCc2ccccc2F)nn1. The quantitative estimate of drug-likeness (QED) is 0.759. The molecule has 0 saturated heterocycles. The van der Waals surface area contributed by atoms with Crippen LogP contribution >= 0.6 is 0 Å². The van der Waals surface area contributed by atoms with E-state index >= 15 is 0 Å². The molecular weight excluding hydrogens is 319 g/mol. The third-order valence-corrected chi connectivity index (χ3v) is 3.83.